The molecule has 1 aliphatic heterocycles. The van der Waals surface area contributed by atoms with Crippen LogP contribution in [0, 0.1) is 17.2 Å². The summed E-state index contributed by atoms with van der Waals surface area (Å²) in [6, 6.07) is 13.3. The molecular formula is C27H31N5O3. The number of carbonyl (C=O) groups is 2. The number of ether oxygens (including phenoxy) is 1. The fourth-order valence-electron chi connectivity index (χ4n) is 4.77. The normalized spacial score (nSPS) is 15.4. The lowest BCUT2D eigenvalue weighted by Crippen LogP contribution is -2.26. The SMILES string of the molecule is CN1C(=C(C#N)C(=O)CCC(=O)Nc2ncccc2OCC2CCCCC2)N(C)c2ccccc21. The van der Waals surface area contributed by atoms with E-state index in [4.69, 9.17) is 4.74 Å². The number of benzene rings is 1. The van der Waals surface area contributed by atoms with E-state index in [-0.39, 0.29) is 30.1 Å². The van der Waals surface area contributed by atoms with E-state index in [1.165, 1.54) is 19.3 Å². The molecule has 8 heteroatoms. The molecule has 35 heavy (non-hydrogen) atoms. The minimum atomic E-state index is -0.376. The van der Waals surface area contributed by atoms with Gasteiger partial charge in [-0.2, -0.15) is 5.26 Å². The van der Waals surface area contributed by atoms with Gasteiger partial charge in [-0.05, 0) is 43.0 Å². The van der Waals surface area contributed by atoms with E-state index >= 15 is 0 Å². The van der Waals surface area contributed by atoms with E-state index in [0.29, 0.717) is 29.9 Å². The molecule has 1 aromatic heterocycles. The Kier molecular flexibility index (Phi) is 7.66. The van der Waals surface area contributed by atoms with E-state index < -0.39 is 0 Å². The number of amides is 1. The molecule has 182 valence electrons. The molecule has 4 rings (SSSR count). The first-order valence-electron chi connectivity index (χ1n) is 12.1. The standard InChI is InChI=1S/C27H31N5O3/c1-31-21-11-6-7-12-22(21)32(2)27(31)20(17-28)23(33)14-15-25(34)30-26-24(13-8-16-29-26)35-18-19-9-4-3-5-10-19/h6-8,11-13,16,19H,3-5,9-10,14-15,18H2,1-2H3,(H,29,30,34). The lowest BCUT2D eigenvalue weighted by Gasteiger charge is -2.22. The van der Waals surface area contributed by atoms with Crippen LogP contribution in [0.2, 0.25) is 0 Å². The van der Waals surface area contributed by atoms with Crippen molar-refractivity contribution in [3.63, 3.8) is 0 Å². The summed E-state index contributed by atoms with van der Waals surface area (Å²) in [5.41, 5.74) is 1.87. The number of aromatic nitrogens is 1. The molecule has 1 N–H and O–H groups in total. The molecule has 2 aliphatic rings. The van der Waals surface area contributed by atoms with Crippen molar-refractivity contribution >= 4 is 28.9 Å². The first kappa shape index (κ1) is 24.3. The van der Waals surface area contributed by atoms with E-state index in [0.717, 1.165) is 24.2 Å². The van der Waals surface area contributed by atoms with Crippen LogP contribution < -0.4 is 19.9 Å². The molecule has 0 radical (unpaired) electrons. The molecule has 1 fully saturated rings. The number of nitriles is 1. The zero-order chi connectivity index (χ0) is 24.8. The Morgan fingerprint density at radius 2 is 1.74 bits per heavy atom. The maximum Gasteiger partial charge on any atom is 0.226 e. The molecule has 1 saturated carbocycles. The van der Waals surface area contributed by atoms with E-state index in [9.17, 15) is 14.9 Å². The highest BCUT2D eigenvalue weighted by atomic mass is 16.5. The molecule has 1 aliphatic carbocycles. The molecule has 0 spiro atoms. The molecular weight excluding hydrogens is 442 g/mol. The van der Waals surface area contributed by atoms with Crippen LogP contribution in [0.5, 0.6) is 5.75 Å². The van der Waals surface area contributed by atoms with Gasteiger partial charge in [-0.3, -0.25) is 9.59 Å². The third-order valence-electron chi connectivity index (χ3n) is 6.66. The number of hydrogen-bond acceptors (Lipinski definition) is 7. The first-order chi connectivity index (χ1) is 17.0. The van der Waals surface area contributed by atoms with E-state index in [1.807, 2.05) is 48.2 Å². The van der Waals surface area contributed by atoms with Crippen LogP contribution in [0.15, 0.2) is 54.0 Å². The van der Waals surface area contributed by atoms with Gasteiger partial charge >= 0.3 is 0 Å². The second kappa shape index (κ2) is 11.0. The van der Waals surface area contributed by atoms with E-state index in [2.05, 4.69) is 16.4 Å². The summed E-state index contributed by atoms with van der Waals surface area (Å²) < 4.78 is 5.97. The summed E-state index contributed by atoms with van der Waals surface area (Å²) in [5.74, 6) is 1.20. The predicted octanol–water partition coefficient (Wildman–Crippen LogP) is 4.65. The predicted molar refractivity (Wildman–Crippen MR) is 135 cm³/mol. The Hall–Kier alpha value is -3.86. The van der Waals surface area contributed by atoms with Gasteiger partial charge in [-0.1, -0.05) is 31.4 Å². The van der Waals surface area contributed by atoms with Crippen molar-refractivity contribution in [1.29, 1.82) is 5.26 Å². The van der Waals surface area contributed by atoms with Crippen molar-refractivity contribution in [3.05, 3.63) is 54.0 Å². The summed E-state index contributed by atoms with van der Waals surface area (Å²) in [6.45, 7) is 0.607. The van der Waals surface area contributed by atoms with Gasteiger partial charge in [0.1, 0.15) is 17.5 Å². The maximum absolute atomic E-state index is 13.0. The fraction of sp³-hybridized carbons (Fsp3) is 0.407. The highest BCUT2D eigenvalue weighted by Gasteiger charge is 2.31. The van der Waals surface area contributed by atoms with Crippen molar-refractivity contribution in [3.8, 4) is 11.8 Å². The quantitative estimate of drug-likeness (QED) is 0.440. The zero-order valence-corrected chi connectivity index (χ0v) is 20.3. The molecule has 1 aromatic carbocycles. The van der Waals surface area contributed by atoms with Gasteiger partial charge in [0.2, 0.25) is 5.91 Å². The average molecular weight is 474 g/mol. The van der Waals surface area contributed by atoms with Crippen LogP contribution >= 0.6 is 0 Å². The average Bonchev–Trinajstić information content (AvgIpc) is 3.13. The van der Waals surface area contributed by atoms with Gasteiger partial charge in [-0.25, -0.2) is 4.98 Å². The minimum absolute atomic E-state index is 0.0355. The Labute approximate surface area is 206 Å². The molecule has 1 amide bonds. The zero-order valence-electron chi connectivity index (χ0n) is 20.3. The third-order valence-corrected chi connectivity index (χ3v) is 6.66. The van der Waals surface area contributed by atoms with Gasteiger partial charge in [0, 0.05) is 33.1 Å². The van der Waals surface area contributed by atoms with Gasteiger partial charge in [0.15, 0.2) is 17.4 Å². The monoisotopic (exact) mass is 473 g/mol. The fourth-order valence-corrected chi connectivity index (χ4v) is 4.77. The van der Waals surface area contributed by atoms with Crippen LogP contribution in [-0.4, -0.2) is 37.4 Å². The Morgan fingerprint density at radius 1 is 1.06 bits per heavy atom. The second-order valence-corrected chi connectivity index (χ2v) is 9.05. The van der Waals surface area contributed by atoms with E-state index in [1.54, 1.807) is 18.3 Å². The number of fused-ring (bicyclic) bond motifs is 1. The summed E-state index contributed by atoms with van der Waals surface area (Å²) in [5, 5.41) is 12.5. The highest BCUT2D eigenvalue weighted by molar-refractivity contribution is 6.04. The number of Topliss-reactive ketones (excluding diaryl/α,β-unsaturated/α-hetero) is 1. The largest absolute Gasteiger partial charge is 0.489 e. The van der Waals surface area contributed by atoms with Gasteiger partial charge in [0.05, 0.1) is 18.0 Å². The van der Waals surface area contributed by atoms with Crippen LogP contribution in [0.3, 0.4) is 0 Å². The number of pyridine rings is 1. The first-order valence-corrected chi connectivity index (χ1v) is 12.1. The third kappa shape index (κ3) is 5.46. The molecule has 2 aromatic rings. The van der Waals surface area contributed by atoms with Crippen LogP contribution in [-0.2, 0) is 9.59 Å². The summed E-state index contributed by atoms with van der Waals surface area (Å²) in [6.07, 6.45) is 7.53. The van der Waals surface area contributed by atoms with Crippen molar-refractivity contribution in [2.45, 2.75) is 44.9 Å². The summed E-state index contributed by atoms with van der Waals surface area (Å²) >= 11 is 0. The highest BCUT2D eigenvalue weighted by Crippen LogP contribution is 2.40. The van der Waals surface area contributed by atoms with Gasteiger partial charge < -0.3 is 19.9 Å². The number of hydrogen-bond donors (Lipinski definition) is 1. The van der Waals surface area contributed by atoms with Gasteiger partial charge in [0.25, 0.3) is 0 Å². The number of rotatable bonds is 8. The van der Waals surface area contributed by atoms with Crippen LogP contribution in [0.4, 0.5) is 17.2 Å². The smallest absolute Gasteiger partial charge is 0.226 e. The number of ketones is 1. The topological polar surface area (TPSA) is 98.6 Å². The molecule has 0 saturated heterocycles. The second-order valence-electron chi connectivity index (χ2n) is 9.05. The van der Waals surface area contributed by atoms with Crippen molar-refractivity contribution in [1.82, 2.24) is 4.98 Å². The van der Waals surface area contributed by atoms with Gasteiger partial charge in [-0.15, -0.1) is 0 Å². The molecule has 2 heterocycles. The number of carbonyl (C=O) groups excluding carboxylic acids is 2. The molecule has 0 unspecified atom stereocenters. The number of allylic oxidation sites excluding steroid dienone is 1. The minimum Gasteiger partial charge on any atom is -0.489 e. The van der Waals surface area contributed by atoms with Crippen LogP contribution in [0.25, 0.3) is 0 Å². The number of nitrogens with one attached hydrogen (secondary N) is 1. The number of anilines is 3. The molecule has 0 atom stereocenters. The lowest BCUT2D eigenvalue weighted by molar-refractivity contribution is -0.120. The molecule has 0 bridgehead atoms. The lowest BCUT2D eigenvalue weighted by atomic mass is 9.90. The maximum atomic E-state index is 13.0. The Balaban J connectivity index is 1.37. The summed E-state index contributed by atoms with van der Waals surface area (Å²) in [7, 11) is 3.65. The van der Waals surface area contributed by atoms with Crippen LogP contribution in [0.1, 0.15) is 44.9 Å². The summed E-state index contributed by atoms with van der Waals surface area (Å²) in [4.78, 5) is 33.5. The van der Waals surface area contributed by atoms with Crippen molar-refractivity contribution < 1.29 is 14.3 Å². The molecule has 8 nitrogen and oxygen atoms in total. The Morgan fingerprint density at radius 3 is 2.40 bits per heavy atom. The van der Waals surface area contributed by atoms with Crippen molar-refractivity contribution in [2.75, 3.05) is 35.8 Å². The van der Waals surface area contributed by atoms with Crippen molar-refractivity contribution in [2.24, 2.45) is 5.92 Å². The number of nitrogens with zero attached hydrogens (tertiary/aromatic N) is 4. The Bertz CT molecular complexity index is 1130. The number of para-hydroxylation sites is 2.